The van der Waals surface area contributed by atoms with Crippen LogP contribution >= 0.6 is 0 Å². The van der Waals surface area contributed by atoms with Crippen LogP contribution in [0, 0.1) is 5.92 Å². The molecular formula is C20H18O4. The first kappa shape index (κ1) is 16.1. The molecule has 24 heavy (non-hydrogen) atoms. The molecule has 0 spiro atoms. The standard InChI is InChI=1S/C20H18O4/c1-2-12(8-9-21)10-13-6-7-14-16(11-13)19(23)15-4-3-5-17(22)18(15)20(14)24/h3-7,9,11-12,22H,2,8,10H2,1H3. The van der Waals surface area contributed by atoms with Gasteiger partial charge in [-0.25, -0.2) is 0 Å². The summed E-state index contributed by atoms with van der Waals surface area (Å²) in [4.78, 5) is 36.1. The average Bonchev–Trinajstić information content (AvgIpc) is 2.59. The van der Waals surface area contributed by atoms with Crippen LogP contribution in [0.5, 0.6) is 5.75 Å². The van der Waals surface area contributed by atoms with Gasteiger partial charge in [-0.3, -0.25) is 9.59 Å². The Labute approximate surface area is 140 Å². The molecule has 4 nitrogen and oxygen atoms in total. The molecule has 0 amide bonds. The van der Waals surface area contributed by atoms with Crippen molar-refractivity contribution >= 4 is 17.9 Å². The van der Waals surface area contributed by atoms with E-state index < -0.39 is 0 Å². The lowest BCUT2D eigenvalue weighted by atomic mass is 9.82. The topological polar surface area (TPSA) is 71.4 Å². The number of hydrogen-bond acceptors (Lipinski definition) is 4. The van der Waals surface area contributed by atoms with Crippen molar-refractivity contribution in [1.29, 1.82) is 0 Å². The van der Waals surface area contributed by atoms with Gasteiger partial charge in [0.1, 0.15) is 12.0 Å². The predicted molar refractivity (Wildman–Crippen MR) is 89.6 cm³/mol. The monoisotopic (exact) mass is 322 g/mol. The van der Waals surface area contributed by atoms with Gasteiger partial charge in [0.25, 0.3) is 0 Å². The molecule has 0 saturated carbocycles. The zero-order chi connectivity index (χ0) is 17.3. The summed E-state index contributed by atoms with van der Waals surface area (Å²) in [6.07, 6.45) is 2.97. The first-order chi connectivity index (χ1) is 11.6. The average molecular weight is 322 g/mol. The van der Waals surface area contributed by atoms with E-state index in [2.05, 4.69) is 0 Å². The van der Waals surface area contributed by atoms with Crippen molar-refractivity contribution < 1.29 is 19.5 Å². The molecule has 0 aliphatic heterocycles. The SMILES string of the molecule is CCC(CC=O)Cc1ccc2c(c1)C(=O)c1cccc(O)c1C2=O. The van der Waals surface area contributed by atoms with Crippen LogP contribution in [0.15, 0.2) is 36.4 Å². The molecule has 0 radical (unpaired) electrons. The largest absolute Gasteiger partial charge is 0.507 e. The quantitative estimate of drug-likeness (QED) is 0.731. The van der Waals surface area contributed by atoms with Crippen molar-refractivity contribution in [2.75, 3.05) is 0 Å². The third-order valence-corrected chi connectivity index (χ3v) is 4.62. The van der Waals surface area contributed by atoms with Crippen LogP contribution in [0.25, 0.3) is 0 Å². The molecule has 1 atom stereocenters. The van der Waals surface area contributed by atoms with Gasteiger partial charge in [-0.2, -0.15) is 0 Å². The molecule has 0 saturated heterocycles. The number of benzene rings is 2. The summed E-state index contributed by atoms with van der Waals surface area (Å²) < 4.78 is 0. The minimum Gasteiger partial charge on any atom is -0.507 e. The lowest BCUT2D eigenvalue weighted by Crippen LogP contribution is -2.21. The Morgan fingerprint density at radius 1 is 1.04 bits per heavy atom. The third-order valence-electron chi connectivity index (χ3n) is 4.62. The van der Waals surface area contributed by atoms with Gasteiger partial charge in [0.15, 0.2) is 11.6 Å². The lowest BCUT2D eigenvalue weighted by molar-refractivity contribution is -0.108. The molecule has 1 aliphatic rings. The predicted octanol–water partition coefficient (Wildman–Crippen LogP) is 3.33. The van der Waals surface area contributed by atoms with E-state index in [1.54, 1.807) is 24.3 Å². The van der Waals surface area contributed by atoms with E-state index in [-0.39, 0.29) is 34.4 Å². The zero-order valence-corrected chi connectivity index (χ0v) is 13.4. The summed E-state index contributed by atoms with van der Waals surface area (Å²) in [7, 11) is 0. The fourth-order valence-electron chi connectivity index (χ4n) is 3.22. The second-order valence-electron chi connectivity index (χ2n) is 6.12. The number of phenols is 1. The number of rotatable bonds is 5. The van der Waals surface area contributed by atoms with E-state index in [1.807, 2.05) is 13.0 Å². The highest BCUT2D eigenvalue weighted by atomic mass is 16.3. The fraction of sp³-hybridized carbons (Fsp3) is 0.250. The minimum absolute atomic E-state index is 0.0788. The van der Waals surface area contributed by atoms with Gasteiger partial charge in [0, 0.05) is 23.1 Å². The first-order valence-electron chi connectivity index (χ1n) is 8.04. The fourth-order valence-corrected chi connectivity index (χ4v) is 3.22. The van der Waals surface area contributed by atoms with Gasteiger partial charge < -0.3 is 9.90 Å². The summed E-state index contributed by atoms with van der Waals surface area (Å²) in [6.45, 7) is 2.03. The molecule has 4 heteroatoms. The van der Waals surface area contributed by atoms with Crippen LogP contribution in [0.3, 0.4) is 0 Å². The number of aldehydes is 1. The number of carbonyl (C=O) groups is 3. The van der Waals surface area contributed by atoms with Crippen LogP contribution in [0.2, 0.25) is 0 Å². The maximum absolute atomic E-state index is 12.7. The van der Waals surface area contributed by atoms with Crippen molar-refractivity contribution in [2.45, 2.75) is 26.2 Å². The minimum atomic E-state index is -0.329. The normalized spacial score (nSPS) is 14.0. The molecule has 1 N–H and O–H groups in total. The molecule has 0 aromatic heterocycles. The number of fused-ring (bicyclic) bond motifs is 2. The highest BCUT2D eigenvalue weighted by Gasteiger charge is 2.31. The Morgan fingerprint density at radius 2 is 1.83 bits per heavy atom. The van der Waals surface area contributed by atoms with Crippen LogP contribution in [-0.4, -0.2) is 23.0 Å². The summed E-state index contributed by atoms with van der Waals surface area (Å²) in [5.74, 6) is -0.520. The second-order valence-corrected chi connectivity index (χ2v) is 6.12. The molecule has 2 aromatic rings. The third kappa shape index (κ3) is 2.64. The molecule has 0 heterocycles. The number of hydrogen-bond donors (Lipinski definition) is 1. The van der Waals surface area contributed by atoms with Crippen molar-refractivity contribution in [1.82, 2.24) is 0 Å². The molecule has 3 rings (SSSR count). The van der Waals surface area contributed by atoms with E-state index in [1.165, 1.54) is 6.07 Å². The van der Waals surface area contributed by atoms with Gasteiger partial charge in [0.2, 0.25) is 0 Å². The Balaban J connectivity index is 2.02. The van der Waals surface area contributed by atoms with E-state index in [0.717, 1.165) is 18.3 Å². The van der Waals surface area contributed by atoms with Crippen LogP contribution in [-0.2, 0) is 11.2 Å². The van der Waals surface area contributed by atoms with E-state index in [9.17, 15) is 19.5 Å². The molecule has 1 unspecified atom stereocenters. The van der Waals surface area contributed by atoms with Gasteiger partial charge in [0.05, 0.1) is 5.56 Å². The number of phenolic OH excluding ortho intramolecular Hbond substituents is 1. The number of aromatic hydroxyl groups is 1. The number of ketones is 2. The smallest absolute Gasteiger partial charge is 0.198 e. The van der Waals surface area contributed by atoms with Crippen molar-refractivity contribution in [3.05, 3.63) is 64.2 Å². The molecule has 0 fully saturated rings. The van der Waals surface area contributed by atoms with Crippen LogP contribution in [0.4, 0.5) is 0 Å². The van der Waals surface area contributed by atoms with Gasteiger partial charge in [-0.1, -0.05) is 37.6 Å². The summed E-state index contributed by atoms with van der Waals surface area (Å²) >= 11 is 0. The van der Waals surface area contributed by atoms with Gasteiger partial charge in [-0.05, 0) is 30.0 Å². The second kappa shape index (κ2) is 6.40. The van der Waals surface area contributed by atoms with Crippen LogP contribution < -0.4 is 0 Å². The maximum atomic E-state index is 12.7. The Kier molecular flexibility index (Phi) is 4.30. The molecule has 1 aliphatic carbocycles. The summed E-state index contributed by atoms with van der Waals surface area (Å²) in [5, 5.41) is 9.93. The summed E-state index contributed by atoms with van der Waals surface area (Å²) in [5.41, 5.74) is 1.95. The molecule has 0 bridgehead atoms. The van der Waals surface area contributed by atoms with E-state index in [0.29, 0.717) is 24.0 Å². The summed E-state index contributed by atoms with van der Waals surface area (Å²) in [6, 6.07) is 9.75. The molecule has 2 aromatic carbocycles. The van der Waals surface area contributed by atoms with E-state index >= 15 is 0 Å². The van der Waals surface area contributed by atoms with Crippen molar-refractivity contribution in [3.8, 4) is 5.75 Å². The van der Waals surface area contributed by atoms with Crippen LogP contribution in [0.1, 0.15) is 57.2 Å². The lowest BCUT2D eigenvalue weighted by Gasteiger charge is -2.20. The zero-order valence-electron chi connectivity index (χ0n) is 13.4. The highest BCUT2D eigenvalue weighted by Crippen LogP contribution is 2.33. The van der Waals surface area contributed by atoms with Gasteiger partial charge in [-0.15, -0.1) is 0 Å². The Morgan fingerprint density at radius 3 is 2.54 bits per heavy atom. The first-order valence-corrected chi connectivity index (χ1v) is 8.04. The molecular weight excluding hydrogens is 304 g/mol. The maximum Gasteiger partial charge on any atom is 0.198 e. The highest BCUT2D eigenvalue weighted by molar-refractivity contribution is 6.29. The van der Waals surface area contributed by atoms with Crippen molar-refractivity contribution in [3.63, 3.8) is 0 Å². The van der Waals surface area contributed by atoms with Gasteiger partial charge >= 0.3 is 0 Å². The Hall–Kier alpha value is -2.75. The Bertz CT molecular complexity index is 836. The number of carbonyl (C=O) groups excluding carboxylic acids is 3. The molecule has 122 valence electrons. The van der Waals surface area contributed by atoms with Crippen molar-refractivity contribution in [2.24, 2.45) is 5.92 Å². The van der Waals surface area contributed by atoms with E-state index in [4.69, 9.17) is 0 Å².